The number of fused-ring (bicyclic) bond motifs is 1. The molecule has 1 saturated carbocycles. The third-order valence-corrected chi connectivity index (χ3v) is 8.51. The second kappa shape index (κ2) is 6.87. The van der Waals surface area contributed by atoms with E-state index in [4.69, 9.17) is 0 Å². The molecule has 3 heterocycles. The lowest BCUT2D eigenvalue weighted by molar-refractivity contribution is -0.529. The molecule has 1 spiro atoms. The number of para-hydroxylation sites is 1. The third-order valence-electron chi connectivity index (χ3n) is 8.51. The molecule has 152 valence electrons. The Hall–Kier alpha value is -1.80. The van der Waals surface area contributed by atoms with E-state index in [0.717, 1.165) is 6.54 Å². The molecular formula is C26H31ClN2. The third kappa shape index (κ3) is 2.45. The van der Waals surface area contributed by atoms with Gasteiger partial charge < -0.3 is 17.3 Å². The van der Waals surface area contributed by atoms with Crippen molar-refractivity contribution in [3.8, 4) is 0 Å². The first-order chi connectivity index (χ1) is 13.8. The van der Waals surface area contributed by atoms with Crippen LogP contribution in [0.3, 0.4) is 0 Å². The van der Waals surface area contributed by atoms with Gasteiger partial charge in [-0.15, -0.1) is 0 Å². The average Bonchev–Trinajstić information content (AvgIpc) is 3.28. The second-order valence-electron chi connectivity index (χ2n) is 9.48. The summed E-state index contributed by atoms with van der Waals surface area (Å²) in [5.41, 5.74) is 7.13. The van der Waals surface area contributed by atoms with E-state index in [9.17, 15) is 0 Å². The SMILES string of the molecule is CC[C@]12CCC[N+]3=C1[C@]1(CC3)c3ccccc3N(Cc3ccccc3)[C@@H]1CC2.[Cl-]. The largest absolute Gasteiger partial charge is 1.00 e. The number of nitrogens with zero attached hydrogens (tertiary/aromatic N) is 2. The van der Waals surface area contributed by atoms with Gasteiger partial charge in [-0.3, -0.25) is 0 Å². The van der Waals surface area contributed by atoms with Gasteiger partial charge in [0.25, 0.3) is 0 Å². The van der Waals surface area contributed by atoms with Gasteiger partial charge in [0.15, 0.2) is 5.71 Å². The Kier molecular flexibility index (Phi) is 4.55. The van der Waals surface area contributed by atoms with Gasteiger partial charge in [0.05, 0.1) is 5.41 Å². The van der Waals surface area contributed by atoms with Crippen LogP contribution in [0.4, 0.5) is 5.69 Å². The van der Waals surface area contributed by atoms with Crippen molar-refractivity contribution in [2.45, 2.75) is 63.5 Å². The van der Waals surface area contributed by atoms with Crippen molar-refractivity contribution in [1.29, 1.82) is 0 Å². The van der Waals surface area contributed by atoms with E-state index in [2.05, 4.69) is 71.0 Å². The Morgan fingerprint density at radius 3 is 2.59 bits per heavy atom. The maximum atomic E-state index is 2.82. The highest BCUT2D eigenvalue weighted by atomic mass is 35.5. The lowest BCUT2D eigenvalue weighted by atomic mass is 9.54. The maximum absolute atomic E-state index is 2.82. The molecule has 3 heteroatoms. The van der Waals surface area contributed by atoms with Crippen molar-refractivity contribution in [3.05, 3.63) is 65.7 Å². The van der Waals surface area contributed by atoms with Crippen LogP contribution in [-0.2, 0) is 12.0 Å². The van der Waals surface area contributed by atoms with E-state index in [1.54, 1.807) is 5.56 Å². The van der Waals surface area contributed by atoms with Crippen LogP contribution in [0.15, 0.2) is 54.6 Å². The molecule has 1 aliphatic carbocycles. The highest BCUT2D eigenvalue weighted by molar-refractivity contribution is 6.02. The minimum absolute atomic E-state index is 0. The molecule has 1 fully saturated rings. The summed E-state index contributed by atoms with van der Waals surface area (Å²) in [6.07, 6.45) is 8.14. The Bertz CT molecular complexity index is 952. The molecule has 0 unspecified atom stereocenters. The number of hydrogen-bond acceptors (Lipinski definition) is 1. The fourth-order valence-electron chi connectivity index (χ4n) is 7.44. The predicted octanol–water partition coefficient (Wildman–Crippen LogP) is 2.16. The van der Waals surface area contributed by atoms with Crippen LogP contribution in [0.5, 0.6) is 0 Å². The smallest absolute Gasteiger partial charge is 0.171 e. The molecule has 2 aromatic rings. The molecule has 29 heavy (non-hydrogen) atoms. The van der Waals surface area contributed by atoms with Crippen LogP contribution in [0.2, 0.25) is 0 Å². The summed E-state index contributed by atoms with van der Waals surface area (Å²) >= 11 is 0. The second-order valence-corrected chi connectivity index (χ2v) is 9.48. The van der Waals surface area contributed by atoms with Crippen LogP contribution in [0, 0.1) is 5.41 Å². The van der Waals surface area contributed by atoms with E-state index >= 15 is 0 Å². The quantitative estimate of drug-likeness (QED) is 0.708. The fourth-order valence-corrected chi connectivity index (χ4v) is 7.44. The van der Waals surface area contributed by atoms with Crippen molar-refractivity contribution in [2.24, 2.45) is 5.41 Å². The zero-order valence-corrected chi connectivity index (χ0v) is 18.2. The molecule has 6 rings (SSSR count). The minimum Gasteiger partial charge on any atom is -1.00 e. The predicted molar refractivity (Wildman–Crippen MR) is 115 cm³/mol. The first-order valence-electron chi connectivity index (χ1n) is 11.3. The van der Waals surface area contributed by atoms with Crippen LogP contribution in [0.1, 0.15) is 56.6 Å². The summed E-state index contributed by atoms with van der Waals surface area (Å²) in [4.78, 5) is 2.77. The van der Waals surface area contributed by atoms with Crippen LogP contribution >= 0.6 is 0 Å². The van der Waals surface area contributed by atoms with Gasteiger partial charge in [-0.2, -0.15) is 0 Å². The molecule has 2 nitrogen and oxygen atoms in total. The average molecular weight is 407 g/mol. The molecule has 2 aromatic carbocycles. The summed E-state index contributed by atoms with van der Waals surface area (Å²) in [7, 11) is 0. The number of benzene rings is 2. The van der Waals surface area contributed by atoms with Crippen LogP contribution < -0.4 is 17.3 Å². The Morgan fingerprint density at radius 2 is 1.76 bits per heavy atom. The topological polar surface area (TPSA) is 6.25 Å². The summed E-state index contributed by atoms with van der Waals surface area (Å²) in [6.45, 7) is 6.04. The molecule has 0 radical (unpaired) electrons. The van der Waals surface area contributed by atoms with E-state index in [0.29, 0.717) is 11.5 Å². The normalized spacial score (nSPS) is 31.8. The van der Waals surface area contributed by atoms with E-state index in [1.165, 1.54) is 62.9 Å². The zero-order chi connectivity index (χ0) is 18.8. The summed E-state index contributed by atoms with van der Waals surface area (Å²) in [6, 6.07) is 21.1. The Labute approximate surface area is 181 Å². The summed E-state index contributed by atoms with van der Waals surface area (Å²) < 4.78 is 2.82. The molecular weight excluding hydrogens is 376 g/mol. The first-order valence-corrected chi connectivity index (χ1v) is 11.3. The van der Waals surface area contributed by atoms with Gasteiger partial charge in [0.2, 0.25) is 0 Å². The molecule has 0 N–H and O–H groups in total. The molecule has 0 amide bonds. The van der Waals surface area contributed by atoms with Gasteiger partial charge in [-0.25, -0.2) is 4.58 Å². The van der Waals surface area contributed by atoms with Crippen molar-refractivity contribution in [2.75, 3.05) is 18.0 Å². The van der Waals surface area contributed by atoms with Gasteiger partial charge in [-0.05, 0) is 42.9 Å². The first kappa shape index (κ1) is 19.2. The Morgan fingerprint density at radius 1 is 0.966 bits per heavy atom. The highest BCUT2D eigenvalue weighted by Crippen LogP contribution is 2.61. The van der Waals surface area contributed by atoms with Gasteiger partial charge in [-0.1, -0.05) is 55.5 Å². The molecule has 0 aromatic heterocycles. The van der Waals surface area contributed by atoms with Gasteiger partial charge in [0, 0.05) is 31.1 Å². The molecule has 0 bridgehead atoms. The van der Waals surface area contributed by atoms with E-state index in [1.807, 2.05) is 5.71 Å². The molecule has 4 aliphatic rings. The van der Waals surface area contributed by atoms with Gasteiger partial charge >= 0.3 is 0 Å². The van der Waals surface area contributed by atoms with Gasteiger partial charge in [0.1, 0.15) is 18.5 Å². The lowest BCUT2D eigenvalue weighted by Gasteiger charge is -2.48. The lowest BCUT2D eigenvalue weighted by Crippen LogP contribution is -3.00. The van der Waals surface area contributed by atoms with Crippen LogP contribution in [0.25, 0.3) is 0 Å². The van der Waals surface area contributed by atoms with Crippen molar-refractivity contribution >= 4 is 11.4 Å². The van der Waals surface area contributed by atoms with E-state index in [-0.39, 0.29) is 17.8 Å². The maximum Gasteiger partial charge on any atom is 0.171 e. The number of anilines is 1. The number of hydrogen-bond donors (Lipinski definition) is 0. The highest BCUT2D eigenvalue weighted by Gasteiger charge is 2.68. The fraction of sp³-hybridized carbons (Fsp3) is 0.500. The van der Waals surface area contributed by atoms with E-state index < -0.39 is 0 Å². The molecule has 3 aliphatic heterocycles. The summed E-state index contributed by atoms with van der Waals surface area (Å²) in [5.74, 6) is 0. The zero-order valence-electron chi connectivity index (χ0n) is 17.4. The number of halogens is 1. The standard InChI is InChI=1S/C26H31N2.ClH/c1-2-25-14-8-17-27-18-16-26(24(25)27)21-11-6-7-12-22(21)28(23(26)13-15-25)19-20-9-4-3-5-10-20;/h3-7,9-12,23H,2,8,13-19H2,1H3;1H/q+1;/p-1/t23-,25-,26-;/m1./s1. The van der Waals surface area contributed by atoms with Crippen LogP contribution in [-0.4, -0.2) is 29.4 Å². The van der Waals surface area contributed by atoms with Crippen molar-refractivity contribution in [1.82, 2.24) is 0 Å². The van der Waals surface area contributed by atoms with Crippen molar-refractivity contribution in [3.63, 3.8) is 0 Å². The Balaban J connectivity index is 0.00000181. The molecule has 0 saturated heterocycles. The monoisotopic (exact) mass is 406 g/mol. The van der Waals surface area contributed by atoms with Crippen molar-refractivity contribution < 1.29 is 17.0 Å². The minimum atomic E-state index is 0. The molecule has 3 atom stereocenters. The number of rotatable bonds is 3. The summed E-state index contributed by atoms with van der Waals surface area (Å²) in [5, 5.41) is 0.